The Morgan fingerprint density at radius 3 is 2.08 bits per heavy atom. The van der Waals surface area contributed by atoms with Gasteiger partial charge in [0.1, 0.15) is 0 Å². The van der Waals surface area contributed by atoms with E-state index >= 15 is 0 Å². The maximum atomic E-state index is 11.7. The molecule has 0 unspecified atom stereocenters. The summed E-state index contributed by atoms with van der Waals surface area (Å²) in [6.07, 6.45) is -3.94. The van der Waals surface area contributed by atoms with Crippen molar-refractivity contribution in [3.05, 3.63) is 0 Å². The van der Waals surface area contributed by atoms with Gasteiger partial charge < -0.3 is 5.32 Å². The zero-order valence-electron chi connectivity index (χ0n) is 6.86. The van der Waals surface area contributed by atoms with Gasteiger partial charge in [-0.2, -0.15) is 0 Å². The first-order valence-electron chi connectivity index (χ1n) is 3.94. The molecule has 0 amide bonds. The molecular formula is C7H11ClF3NO. The molecule has 1 N–H and O–H groups in total. The Balaban J connectivity index is 0.000000845. The minimum Gasteiger partial charge on any atom is -0.316 e. The van der Waals surface area contributed by atoms with E-state index in [1.54, 1.807) is 0 Å². The SMILES string of the molecule is Cl.FC(F)(F)OC1CC2(CNC2)C1. The molecule has 1 saturated heterocycles. The van der Waals surface area contributed by atoms with Gasteiger partial charge in [0.05, 0.1) is 6.10 Å². The molecular weight excluding hydrogens is 207 g/mol. The molecule has 0 aromatic carbocycles. The highest BCUT2D eigenvalue weighted by Crippen LogP contribution is 2.47. The van der Waals surface area contributed by atoms with E-state index in [1.165, 1.54) is 0 Å². The monoisotopic (exact) mass is 217 g/mol. The van der Waals surface area contributed by atoms with Crippen molar-refractivity contribution < 1.29 is 17.9 Å². The molecule has 6 heteroatoms. The van der Waals surface area contributed by atoms with E-state index in [-0.39, 0.29) is 17.8 Å². The Labute approximate surface area is 80.2 Å². The summed E-state index contributed by atoms with van der Waals surface area (Å²) in [5.74, 6) is 0. The van der Waals surface area contributed by atoms with Crippen molar-refractivity contribution in [2.24, 2.45) is 5.41 Å². The van der Waals surface area contributed by atoms with Crippen molar-refractivity contribution in [2.75, 3.05) is 13.1 Å². The lowest BCUT2D eigenvalue weighted by molar-refractivity contribution is -0.361. The largest absolute Gasteiger partial charge is 0.522 e. The van der Waals surface area contributed by atoms with E-state index in [0.29, 0.717) is 12.8 Å². The Kier molecular flexibility index (Phi) is 2.81. The highest BCUT2D eigenvalue weighted by Gasteiger charge is 2.52. The lowest BCUT2D eigenvalue weighted by Crippen LogP contribution is -2.62. The van der Waals surface area contributed by atoms with Crippen LogP contribution in [0.15, 0.2) is 0 Å². The topological polar surface area (TPSA) is 21.3 Å². The molecule has 0 radical (unpaired) electrons. The van der Waals surface area contributed by atoms with Gasteiger partial charge in [-0.1, -0.05) is 0 Å². The number of hydrogen-bond acceptors (Lipinski definition) is 2. The van der Waals surface area contributed by atoms with E-state index < -0.39 is 12.5 Å². The minimum absolute atomic E-state index is 0. The van der Waals surface area contributed by atoms with Crippen molar-refractivity contribution in [3.63, 3.8) is 0 Å². The summed E-state index contributed by atoms with van der Waals surface area (Å²) in [5.41, 5.74) is 0.149. The molecule has 1 heterocycles. The lowest BCUT2D eigenvalue weighted by Gasteiger charge is -2.53. The van der Waals surface area contributed by atoms with Crippen LogP contribution in [-0.4, -0.2) is 25.6 Å². The first-order chi connectivity index (χ1) is 5.49. The van der Waals surface area contributed by atoms with Gasteiger partial charge in [0.25, 0.3) is 0 Å². The fraction of sp³-hybridized carbons (Fsp3) is 1.00. The van der Waals surface area contributed by atoms with Crippen LogP contribution < -0.4 is 5.32 Å². The second-order valence-corrected chi connectivity index (χ2v) is 3.70. The van der Waals surface area contributed by atoms with Gasteiger partial charge in [-0.3, -0.25) is 4.74 Å². The standard InChI is InChI=1S/C7H10F3NO.ClH/c8-7(9,10)12-5-1-6(2-5)3-11-4-6;/h5,11H,1-4H2;1H. The number of rotatable bonds is 1. The summed E-state index contributed by atoms with van der Waals surface area (Å²) in [4.78, 5) is 0. The van der Waals surface area contributed by atoms with Crippen molar-refractivity contribution in [2.45, 2.75) is 25.3 Å². The van der Waals surface area contributed by atoms with Crippen LogP contribution in [0, 0.1) is 5.41 Å². The first-order valence-corrected chi connectivity index (χ1v) is 3.94. The second kappa shape index (κ2) is 3.29. The molecule has 2 aliphatic rings. The quantitative estimate of drug-likeness (QED) is 0.722. The number of nitrogens with one attached hydrogen (secondary N) is 1. The fourth-order valence-electron chi connectivity index (χ4n) is 1.95. The average molecular weight is 218 g/mol. The van der Waals surface area contributed by atoms with Crippen LogP contribution in [0.4, 0.5) is 13.2 Å². The molecule has 2 rings (SSSR count). The van der Waals surface area contributed by atoms with Crippen LogP contribution in [0.3, 0.4) is 0 Å². The van der Waals surface area contributed by atoms with Crippen LogP contribution in [-0.2, 0) is 4.74 Å². The molecule has 0 aromatic heterocycles. The summed E-state index contributed by atoms with van der Waals surface area (Å²) < 4.78 is 38.9. The number of alkyl halides is 3. The second-order valence-electron chi connectivity index (χ2n) is 3.70. The van der Waals surface area contributed by atoms with Crippen LogP contribution >= 0.6 is 12.4 Å². The van der Waals surface area contributed by atoms with Gasteiger partial charge in [0.2, 0.25) is 0 Å². The number of halogens is 4. The van der Waals surface area contributed by atoms with Gasteiger partial charge in [0.15, 0.2) is 0 Å². The number of ether oxygens (including phenoxy) is 1. The van der Waals surface area contributed by atoms with Crippen LogP contribution in [0.1, 0.15) is 12.8 Å². The van der Waals surface area contributed by atoms with Crippen molar-refractivity contribution >= 4 is 12.4 Å². The van der Waals surface area contributed by atoms with Crippen molar-refractivity contribution in [1.82, 2.24) is 5.32 Å². The summed E-state index contributed by atoms with van der Waals surface area (Å²) in [5, 5.41) is 3.05. The summed E-state index contributed by atoms with van der Waals surface area (Å²) in [6, 6.07) is 0. The third kappa shape index (κ3) is 2.27. The molecule has 2 fully saturated rings. The van der Waals surface area contributed by atoms with Gasteiger partial charge in [0, 0.05) is 18.5 Å². The van der Waals surface area contributed by atoms with Crippen LogP contribution in [0.25, 0.3) is 0 Å². The highest BCUT2D eigenvalue weighted by molar-refractivity contribution is 5.85. The van der Waals surface area contributed by atoms with Crippen molar-refractivity contribution in [3.8, 4) is 0 Å². The third-order valence-electron chi connectivity index (χ3n) is 2.62. The van der Waals surface area contributed by atoms with Gasteiger partial charge in [-0.15, -0.1) is 25.6 Å². The molecule has 0 bridgehead atoms. The Hall–Kier alpha value is -0.0000000000000000416. The highest BCUT2D eigenvalue weighted by atomic mass is 35.5. The number of hydrogen-bond donors (Lipinski definition) is 1. The molecule has 0 atom stereocenters. The van der Waals surface area contributed by atoms with E-state index in [9.17, 15) is 13.2 Å². The van der Waals surface area contributed by atoms with Gasteiger partial charge >= 0.3 is 6.36 Å². The summed E-state index contributed by atoms with van der Waals surface area (Å²) >= 11 is 0. The predicted octanol–water partition coefficient (Wildman–Crippen LogP) is 1.70. The molecule has 1 spiro atoms. The van der Waals surface area contributed by atoms with Crippen LogP contribution in [0.2, 0.25) is 0 Å². The maximum Gasteiger partial charge on any atom is 0.522 e. The summed E-state index contributed by atoms with van der Waals surface area (Å²) in [7, 11) is 0. The smallest absolute Gasteiger partial charge is 0.316 e. The Morgan fingerprint density at radius 2 is 1.77 bits per heavy atom. The predicted molar refractivity (Wildman–Crippen MR) is 42.7 cm³/mol. The zero-order valence-corrected chi connectivity index (χ0v) is 7.67. The maximum absolute atomic E-state index is 11.7. The molecule has 1 aliphatic carbocycles. The van der Waals surface area contributed by atoms with E-state index in [1.807, 2.05) is 0 Å². The van der Waals surface area contributed by atoms with Crippen molar-refractivity contribution in [1.29, 1.82) is 0 Å². The lowest BCUT2D eigenvalue weighted by atomic mass is 9.63. The van der Waals surface area contributed by atoms with E-state index in [4.69, 9.17) is 0 Å². The molecule has 1 saturated carbocycles. The first kappa shape index (κ1) is 11.1. The molecule has 1 aliphatic heterocycles. The normalized spacial score (nSPS) is 26.1. The summed E-state index contributed by atoms with van der Waals surface area (Å²) in [6.45, 7) is 1.70. The molecule has 2 nitrogen and oxygen atoms in total. The van der Waals surface area contributed by atoms with Crippen LogP contribution in [0.5, 0.6) is 0 Å². The Bertz CT molecular complexity index is 185. The fourth-order valence-corrected chi connectivity index (χ4v) is 1.95. The minimum atomic E-state index is -4.45. The third-order valence-corrected chi connectivity index (χ3v) is 2.62. The van der Waals surface area contributed by atoms with E-state index in [2.05, 4.69) is 10.1 Å². The molecule has 0 aromatic rings. The van der Waals surface area contributed by atoms with Gasteiger partial charge in [-0.05, 0) is 12.8 Å². The van der Waals surface area contributed by atoms with E-state index in [0.717, 1.165) is 13.1 Å². The Morgan fingerprint density at radius 1 is 1.23 bits per heavy atom. The average Bonchev–Trinajstić information content (AvgIpc) is 1.69. The molecule has 78 valence electrons. The molecule has 13 heavy (non-hydrogen) atoms. The van der Waals surface area contributed by atoms with Gasteiger partial charge in [-0.25, -0.2) is 0 Å². The zero-order chi connectivity index (χ0) is 8.82.